The van der Waals surface area contributed by atoms with Crippen LogP contribution in [-0.2, 0) is 16.6 Å². The van der Waals surface area contributed by atoms with Gasteiger partial charge in [0, 0.05) is 11.0 Å². The van der Waals surface area contributed by atoms with E-state index in [1.165, 1.54) is 12.1 Å². The highest BCUT2D eigenvalue weighted by Gasteiger charge is 2.14. The maximum Gasteiger partial charge on any atom is 0.240 e. The van der Waals surface area contributed by atoms with Gasteiger partial charge in [-0.2, -0.15) is 5.26 Å². The van der Waals surface area contributed by atoms with Crippen LogP contribution in [0.25, 0.3) is 0 Å². The zero-order valence-electron chi connectivity index (χ0n) is 10.4. The van der Waals surface area contributed by atoms with Crippen molar-refractivity contribution in [2.24, 2.45) is 0 Å². The van der Waals surface area contributed by atoms with Crippen molar-refractivity contribution in [2.75, 3.05) is 0 Å². The van der Waals surface area contributed by atoms with Crippen LogP contribution in [0.4, 0.5) is 0 Å². The zero-order chi connectivity index (χ0) is 14.6. The van der Waals surface area contributed by atoms with Crippen LogP contribution in [0.1, 0.15) is 11.1 Å². The summed E-state index contributed by atoms with van der Waals surface area (Å²) in [7, 11) is -3.62. The van der Waals surface area contributed by atoms with Gasteiger partial charge >= 0.3 is 0 Å². The number of hydrogen-bond donors (Lipinski definition) is 1. The minimum absolute atomic E-state index is 0.0894. The Balaban J connectivity index is 2.17. The third-order valence-electron chi connectivity index (χ3n) is 2.63. The van der Waals surface area contributed by atoms with E-state index in [1.54, 1.807) is 12.1 Å². The summed E-state index contributed by atoms with van der Waals surface area (Å²) in [6, 6.07) is 15.2. The van der Waals surface area contributed by atoms with E-state index in [1.807, 2.05) is 30.3 Å². The minimum atomic E-state index is -3.62. The summed E-state index contributed by atoms with van der Waals surface area (Å²) in [5.74, 6) is 0. The van der Waals surface area contributed by atoms with E-state index >= 15 is 0 Å². The van der Waals surface area contributed by atoms with Gasteiger partial charge in [0.05, 0.1) is 16.5 Å². The predicted octanol–water partition coefficient (Wildman–Crippen LogP) is 2.80. The normalized spacial score (nSPS) is 11.0. The maximum atomic E-state index is 12.1. The standard InChI is InChI=1S/C14H11BrN2O2S/c15-13-5-1-4-12(7-13)10-17-20(18,19)14-6-2-3-11(8-14)9-16/h1-8,17H,10H2. The number of nitrogens with one attached hydrogen (secondary N) is 1. The minimum Gasteiger partial charge on any atom is -0.207 e. The van der Waals surface area contributed by atoms with Gasteiger partial charge in [-0.05, 0) is 35.9 Å². The van der Waals surface area contributed by atoms with Crippen LogP contribution >= 0.6 is 15.9 Å². The molecule has 2 rings (SSSR count). The molecular weight excluding hydrogens is 340 g/mol. The summed E-state index contributed by atoms with van der Waals surface area (Å²) in [6.07, 6.45) is 0. The summed E-state index contributed by atoms with van der Waals surface area (Å²) in [5, 5.41) is 8.80. The van der Waals surface area contributed by atoms with Crippen LogP contribution in [0.3, 0.4) is 0 Å². The topological polar surface area (TPSA) is 70.0 Å². The van der Waals surface area contributed by atoms with E-state index in [0.29, 0.717) is 5.56 Å². The monoisotopic (exact) mass is 350 g/mol. The van der Waals surface area contributed by atoms with E-state index in [0.717, 1.165) is 10.0 Å². The number of sulfonamides is 1. The molecule has 0 radical (unpaired) electrons. The number of rotatable bonds is 4. The van der Waals surface area contributed by atoms with Gasteiger partial charge in [-0.3, -0.25) is 0 Å². The van der Waals surface area contributed by atoms with Crippen molar-refractivity contribution in [3.05, 3.63) is 64.1 Å². The lowest BCUT2D eigenvalue weighted by Gasteiger charge is -2.07. The Morgan fingerprint density at radius 2 is 1.90 bits per heavy atom. The van der Waals surface area contributed by atoms with Crippen LogP contribution in [-0.4, -0.2) is 8.42 Å². The van der Waals surface area contributed by atoms with Gasteiger partial charge in [0.15, 0.2) is 0 Å². The molecule has 0 fully saturated rings. The van der Waals surface area contributed by atoms with E-state index in [2.05, 4.69) is 20.7 Å². The van der Waals surface area contributed by atoms with Gasteiger partial charge in [0.2, 0.25) is 10.0 Å². The Hall–Kier alpha value is -1.68. The fourth-order valence-corrected chi connectivity index (χ4v) is 3.15. The number of nitriles is 1. The van der Waals surface area contributed by atoms with Gasteiger partial charge in [0.1, 0.15) is 0 Å². The van der Waals surface area contributed by atoms with Crippen LogP contribution in [0.5, 0.6) is 0 Å². The number of halogens is 1. The molecule has 0 aliphatic rings. The molecule has 0 spiro atoms. The second-order valence-corrected chi connectivity index (χ2v) is 6.78. The first-order valence-corrected chi connectivity index (χ1v) is 8.03. The molecule has 1 N–H and O–H groups in total. The van der Waals surface area contributed by atoms with Crippen LogP contribution < -0.4 is 4.72 Å². The number of nitrogens with zero attached hydrogens (tertiary/aromatic N) is 1. The van der Waals surface area contributed by atoms with E-state index in [9.17, 15) is 8.42 Å². The largest absolute Gasteiger partial charge is 0.240 e. The quantitative estimate of drug-likeness (QED) is 0.921. The molecule has 20 heavy (non-hydrogen) atoms. The molecule has 0 atom stereocenters. The van der Waals surface area contributed by atoms with Crippen molar-refractivity contribution in [1.29, 1.82) is 5.26 Å². The van der Waals surface area contributed by atoms with E-state index in [-0.39, 0.29) is 11.4 Å². The number of hydrogen-bond acceptors (Lipinski definition) is 3. The molecule has 0 aliphatic heterocycles. The third kappa shape index (κ3) is 3.67. The summed E-state index contributed by atoms with van der Waals surface area (Å²) < 4.78 is 27.7. The summed E-state index contributed by atoms with van der Waals surface area (Å²) in [6.45, 7) is 0.193. The van der Waals surface area contributed by atoms with Crippen molar-refractivity contribution in [2.45, 2.75) is 11.4 Å². The predicted molar refractivity (Wildman–Crippen MR) is 79.3 cm³/mol. The lowest BCUT2D eigenvalue weighted by atomic mass is 10.2. The lowest BCUT2D eigenvalue weighted by Crippen LogP contribution is -2.23. The average Bonchev–Trinajstić information content (AvgIpc) is 2.45. The van der Waals surface area contributed by atoms with E-state index < -0.39 is 10.0 Å². The van der Waals surface area contributed by atoms with Crippen molar-refractivity contribution >= 4 is 26.0 Å². The first-order valence-electron chi connectivity index (χ1n) is 5.75. The highest BCUT2D eigenvalue weighted by molar-refractivity contribution is 9.10. The SMILES string of the molecule is N#Cc1cccc(S(=O)(=O)NCc2cccc(Br)c2)c1. The molecule has 0 unspecified atom stereocenters. The van der Waals surface area contributed by atoms with Crippen molar-refractivity contribution in [3.63, 3.8) is 0 Å². The van der Waals surface area contributed by atoms with Crippen LogP contribution in [0.15, 0.2) is 57.9 Å². The second-order valence-electron chi connectivity index (χ2n) is 4.09. The molecule has 0 amide bonds. The Bertz CT molecular complexity index is 767. The van der Waals surface area contributed by atoms with E-state index in [4.69, 9.17) is 5.26 Å². The molecule has 0 heterocycles. The van der Waals surface area contributed by atoms with Crippen molar-refractivity contribution < 1.29 is 8.42 Å². The Morgan fingerprint density at radius 3 is 2.60 bits per heavy atom. The molecule has 0 saturated heterocycles. The smallest absolute Gasteiger partial charge is 0.207 e. The molecular formula is C14H11BrN2O2S. The van der Waals surface area contributed by atoms with Crippen molar-refractivity contribution in [3.8, 4) is 6.07 Å². The Kier molecular flexibility index (Phi) is 4.55. The lowest BCUT2D eigenvalue weighted by molar-refractivity contribution is 0.581. The first kappa shape index (κ1) is 14.7. The summed E-state index contributed by atoms with van der Waals surface area (Å²) >= 11 is 3.33. The highest BCUT2D eigenvalue weighted by atomic mass is 79.9. The van der Waals surface area contributed by atoms with Crippen LogP contribution in [0.2, 0.25) is 0 Å². The van der Waals surface area contributed by atoms with Gasteiger partial charge < -0.3 is 0 Å². The maximum absolute atomic E-state index is 12.1. The molecule has 0 saturated carbocycles. The summed E-state index contributed by atoms with van der Waals surface area (Å²) in [4.78, 5) is 0.0894. The van der Waals surface area contributed by atoms with Crippen molar-refractivity contribution in [1.82, 2.24) is 4.72 Å². The fraction of sp³-hybridized carbons (Fsp3) is 0.0714. The Morgan fingerprint density at radius 1 is 1.15 bits per heavy atom. The number of benzene rings is 2. The zero-order valence-corrected chi connectivity index (χ0v) is 12.8. The third-order valence-corrected chi connectivity index (χ3v) is 4.52. The molecule has 102 valence electrons. The second kappa shape index (κ2) is 6.18. The molecule has 0 aliphatic carbocycles. The molecule has 0 aromatic heterocycles. The van der Waals surface area contributed by atoms with Gasteiger partial charge in [-0.15, -0.1) is 0 Å². The average molecular weight is 351 g/mol. The molecule has 2 aromatic rings. The first-order chi connectivity index (χ1) is 9.51. The highest BCUT2D eigenvalue weighted by Crippen LogP contribution is 2.14. The Labute approximate surface area is 126 Å². The van der Waals surface area contributed by atoms with Gasteiger partial charge in [0.25, 0.3) is 0 Å². The van der Waals surface area contributed by atoms with Crippen LogP contribution in [0, 0.1) is 11.3 Å². The van der Waals surface area contributed by atoms with Gasteiger partial charge in [-0.1, -0.05) is 34.1 Å². The molecule has 0 bridgehead atoms. The fourth-order valence-electron chi connectivity index (χ4n) is 1.64. The molecule has 4 nitrogen and oxygen atoms in total. The molecule has 2 aromatic carbocycles. The molecule has 6 heteroatoms. The van der Waals surface area contributed by atoms with Gasteiger partial charge in [-0.25, -0.2) is 13.1 Å². The summed E-state index contributed by atoms with van der Waals surface area (Å²) in [5.41, 5.74) is 1.16.